The van der Waals surface area contributed by atoms with Gasteiger partial charge in [0.1, 0.15) is 0 Å². The van der Waals surface area contributed by atoms with Gasteiger partial charge in [-0.05, 0) is 25.7 Å². The van der Waals surface area contributed by atoms with Gasteiger partial charge in [-0.1, -0.05) is 51.9 Å². The second-order valence-corrected chi connectivity index (χ2v) is 5.48. The van der Waals surface area contributed by atoms with Gasteiger partial charge in [0.25, 0.3) is 0 Å². The Morgan fingerprint density at radius 1 is 0.889 bits per heavy atom. The van der Waals surface area contributed by atoms with E-state index in [1.54, 1.807) is 0 Å². The van der Waals surface area contributed by atoms with Gasteiger partial charge in [0.05, 0.1) is 6.10 Å². The summed E-state index contributed by atoms with van der Waals surface area (Å²) in [6, 6.07) is 0. The van der Waals surface area contributed by atoms with Crippen molar-refractivity contribution < 1.29 is 15.0 Å². The van der Waals surface area contributed by atoms with E-state index in [1.807, 2.05) is 6.92 Å². The van der Waals surface area contributed by atoms with Crippen molar-refractivity contribution in [1.29, 1.82) is 0 Å². The zero-order chi connectivity index (χ0) is 13.8. The van der Waals surface area contributed by atoms with Crippen LogP contribution in [0.1, 0.15) is 78.1 Å². The van der Waals surface area contributed by atoms with Gasteiger partial charge in [-0.25, -0.2) is 0 Å². The Balaban J connectivity index is 3.10. The van der Waals surface area contributed by atoms with Crippen LogP contribution in [0.3, 0.4) is 0 Å². The lowest BCUT2D eigenvalue weighted by Crippen LogP contribution is -2.12. The molecule has 0 fully saturated rings. The summed E-state index contributed by atoms with van der Waals surface area (Å²) >= 11 is 0. The van der Waals surface area contributed by atoms with E-state index in [-0.39, 0.29) is 6.10 Å². The average molecular weight is 258 g/mol. The summed E-state index contributed by atoms with van der Waals surface area (Å²) in [6.07, 6.45) is 10.5. The maximum absolute atomic E-state index is 10.3. The highest BCUT2D eigenvalue weighted by molar-refractivity contribution is 5.66. The monoisotopic (exact) mass is 258 g/mol. The van der Waals surface area contributed by atoms with Gasteiger partial charge in [0, 0.05) is 6.42 Å². The first-order valence-electron chi connectivity index (χ1n) is 7.44. The fraction of sp³-hybridized carbons (Fsp3) is 0.933. The Hall–Kier alpha value is -0.570. The van der Waals surface area contributed by atoms with E-state index >= 15 is 0 Å². The highest BCUT2D eigenvalue weighted by atomic mass is 16.4. The third kappa shape index (κ3) is 11.9. The smallest absolute Gasteiger partial charge is 0.303 e. The van der Waals surface area contributed by atoms with Crippen LogP contribution in [0.5, 0.6) is 0 Å². The quantitative estimate of drug-likeness (QED) is 0.520. The van der Waals surface area contributed by atoms with Crippen molar-refractivity contribution in [3.05, 3.63) is 0 Å². The third-order valence-corrected chi connectivity index (χ3v) is 3.62. The van der Waals surface area contributed by atoms with Crippen molar-refractivity contribution in [2.75, 3.05) is 0 Å². The number of aliphatic hydroxyl groups is 1. The zero-order valence-electron chi connectivity index (χ0n) is 12.0. The van der Waals surface area contributed by atoms with Crippen LogP contribution in [-0.4, -0.2) is 22.3 Å². The molecule has 2 N–H and O–H groups in total. The molecule has 2 unspecified atom stereocenters. The molecule has 0 saturated heterocycles. The van der Waals surface area contributed by atoms with Gasteiger partial charge in [-0.3, -0.25) is 4.79 Å². The van der Waals surface area contributed by atoms with Gasteiger partial charge >= 0.3 is 5.97 Å². The molecule has 18 heavy (non-hydrogen) atoms. The topological polar surface area (TPSA) is 57.5 Å². The predicted molar refractivity (Wildman–Crippen MR) is 74.7 cm³/mol. The minimum Gasteiger partial charge on any atom is -0.481 e. The molecular formula is C15H30O3. The molecule has 3 heteroatoms. The number of hydrogen-bond acceptors (Lipinski definition) is 2. The van der Waals surface area contributed by atoms with Gasteiger partial charge in [0.2, 0.25) is 0 Å². The van der Waals surface area contributed by atoms with Crippen molar-refractivity contribution in [1.82, 2.24) is 0 Å². The summed E-state index contributed by atoms with van der Waals surface area (Å²) in [5.41, 5.74) is 0. The highest BCUT2D eigenvalue weighted by Crippen LogP contribution is 2.15. The number of unbranched alkanes of at least 4 members (excludes halogenated alkanes) is 7. The largest absolute Gasteiger partial charge is 0.481 e. The van der Waals surface area contributed by atoms with Crippen LogP contribution >= 0.6 is 0 Å². The standard InChI is InChI=1S/C15H30O3/c1-13(14(2)16)11-9-7-5-3-4-6-8-10-12-15(17)18/h13-14,16H,3-12H2,1-2H3,(H,17,18). The molecule has 0 aromatic heterocycles. The van der Waals surface area contributed by atoms with Gasteiger partial charge < -0.3 is 10.2 Å². The van der Waals surface area contributed by atoms with Crippen molar-refractivity contribution in [3.8, 4) is 0 Å². The number of aliphatic carboxylic acids is 1. The number of rotatable bonds is 12. The van der Waals surface area contributed by atoms with Crippen LogP contribution < -0.4 is 0 Å². The summed E-state index contributed by atoms with van der Waals surface area (Å²) in [4.78, 5) is 10.3. The molecule has 0 aliphatic rings. The zero-order valence-corrected chi connectivity index (χ0v) is 12.0. The van der Waals surface area contributed by atoms with Crippen LogP contribution in [0.2, 0.25) is 0 Å². The van der Waals surface area contributed by atoms with E-state index in [1.165, 1.54) is 32.1 Å². The molecule has 108 valence electrons. The van der Waals surface area contributed by atoms with Crippen molar-refractivity contribution in [2.24, 2.45) is 5.92 Å². The predicted octanol–water partition coefficient (Wildman–Crippen LogP) is 3.99. The Kier molecular flexibility index (Phi) is 11.2. The van der Waals surface area contributed by atoms with Crippen LogP contribution in [0.4, 0.5) is 0 Å². The molecule has 0 spiro atoms. The Labute approximate surface area is 112 Å². The second kappa shape index (κ2) is 11.5. The number of carboxylic acid groups (broad SMARTS) is 1. The fourth-order valence-corrected chi connectivity index (χ4v) is 2.04. The molecule has 0 radical (unpaired) electrons. The first-order valence-corrected chi connectivity index (χ1v) is 7.44. The van der Waals surface area contributed by atoms with E-state index in [9.17, 15) is 9.90 Å². The molecular weight excluding hydrogens is 228 g/mol. The minimum atomic E-state index is -0.678. The molecule has 0 aromatic rings. The van der Waals surface area contributed by atoms with Crippen LogP contribution in [0, 0.1) is 5.92 Å². The number of carboxylic acids is 1. The van der Waals surface area contributed by atoms with Gasteiger partial charge in [-0.15, -0.1) is 0 Å². The molecule has 0 bridgehead atoms. The molecule has 2 atom stereocenters. The summed E-state index contributed by atoms with van der Waals surface area (Å²) in [5, 5.41) is 17.8. The Morgan fingerprint density at radius 2 is 1.33 bits per heavy atom. The summed E-state index contributed by atoms with van der Waals surface area (Å²) in [7, 11) is 0. The molecule has 0 saturated carbocycles. The van der Waals surface area contributed by atoms with Crippen molar-refractivity contribution in [2.45, 2.75) is 84.2 Å². The van der Waals surface area contributed by atoms with E-state index < -0.39 is 5.97 Å². The third-order valence-electron chi connectivity index (χ3n) is 3.62. The lowest BCUT2D eigenvalue weighted by atomic mass is 9.97. The molecule has 0 aliphatic heterocycles. The van der Waals surface area contributed by atoms with Crippen molar-refractivity contribution >= 4 is 5.97 Å². The van der Waals surface area contributed by atoms with E-state index in [2.05, 4.69) is 6.92 Å². The molecule has 0 heterocycles. The van der Waals surface area contributed by atoms with Crippen LogP contribution in [0.25, 0.3) is 0 Å². The number of carbonyl (C=O) groups is 1. The SMILES string of the molecule is CC(O)C(C)CCCCCCCCCCC(=O)O. The first kappa shape index (κ1) is 17.4. The van der Waals surface area contributed by atoms with Crippen molar-refractivity contribution in [3.63, 3.8) is 0 Å². The highest BCUT2D eigenvalue weighted by Gasteiger charge is 2.07. The average Bonchev–Trinajstić information content (AvgIpc) is 2.30. The number of aliphatic hydroxyl groups excluding tert-OH is 1. The maximum Gasteiger partial charge on any atom is 0.303 e. The minimum absolute atomic E-state index is 0.181. The summed E-state index contributed by atoms with van der Waals surface area (Å²) in [6.45, 7) is 3.97. The van der Waals surface area contributed by atoms with Gasteiger partial charge in [-0.2, -0.15) is 0 Å². The van der Waals surface area contributed by atoms with Crippen LogP contribution in [-0.2, 0) is 4.79 Å². The molecule has 0 aromatic carbocycles. The summed E-state index contributed by atoms with van der Waals surface area (Å²) in [5.74, 6) is -0.261. The summed E-state index contributed by atoms with van der Waals surface area (Å²) < 4.78 is 0. The Bertz CT molecular complexity index is 202. The lowest BCUT2D eigenvalue weighted by molar-refractivity contribution is -0.137. The normalized spacial score (nSPS) is 14.4. The van der Waals surface area contributed by atoms with E-state index in [0.717, 1.165) is 25.7 Å². The van der Waals surface area contributed by atoms with Gasteiger partial charge in [0.15, 0.2) is 0 Å². The first-order chi connectivity index (χ1) is 8.54. The lowest BCUT2D eigenvalue weighted by Gasteiger charge is -2.13. The Morgan fingerprint density at radius 3 is 1.78 bits per heavy atom. The molecule has 3 nitrogen and oxygen atoms in total. The molecule has 0 rings (SSSR count). The van der Waals surface area contributed by atoms with E-state index in [4.69, 9.17) is 5.11 Å². The van der Waals surface area contributed by atoms with E-state index in [0.29, 0.717) is 12.3 Å². The van der Waals surface area contributed by atoms with Crippen LogP contribution in [0.15, 0.2) is 0 Å². The second-order valence-electron chi connectivity index (χ2n) is 5.48. The number of hydrogen-bond donors (Lipinski definition) is 2. The fourth-order valence-electron chi connectivity index (χ4n) is 2.04. The molecule has 0 aliphatic carbocycles. The maximum atomic E-state index is 10.3. The molecule has 0 amide bonds.